The monoisotopic (exact) mass is 520 g/mol. The van der Waals surface area contributed by atoms with E-state index in [2.05, 4.69) is 15.6 Å². The zero-order valence-corrected chi connectivity index (χ0v) is 20.0. The summed E-state index contributed by atoms with van der Waals surface area (Å²) in [4.78, 5) is 17.8. The fourth-order valence-corrected chi connectivity index (χ4v) is 2.98. The summed E-state index contributed by atoms with van der Waals surface area (Å²) in [5.74, 6) is 2.33. The van der Waals surface area contributed by atoms with E-state index in [1.807, 2.05) is 38.1 Å². The Bertz CT molecular complexity index is 634. The van der Waals surface area contributed by atoms with Gasteiger partial charge >= 0.3 is 6.09 Å². The average molecular weight is 520 g/mol. The van der Waals surface area contributed by atoms with Crippen LogP contribution >= 0.6 is 24.0 Å². The quantitative estimate of drug-likeness (QED) is 0.327. The molecule has 1 aromatic carbocycles. The molecule has 1 amide bonds. The zero-order chi connectivity index (χ0) is 20.4. The lowest BCUT2D eigenvalue weighted by Crippen LogP contribution is -2.50. The molecule has 2 rings (SSSR count). The summed E-state index contributed by atoms with van der Waals surface area (Å²) in [6.45, 7) is 6.22. The van der Waals surface area contributed by atoms with Crippen molar-refractivity contribution < 1.29 is 19.0 Å². The maximum Gasteiger partial charge on any atom is 0.409 e. The van der Waals surface area contributed by atoms with E-state index in [-0.39, 0.29) is 42.2 Å². The number of ether oxygens (including phenoxy) is 3. The first-order valence-electron chi connectivity index (χ1n) is 9.75. The number of rotatable bonds is 7. The molecular formula is C20H33IN4O4. The van der Waals surface area contributed by atoms with E-state index < -0.39 is 0 Å². The molecule has 1 aliphatic rings. The molecule has 1 atom stereocenters. The fourth-order valence-electron chi connectivity index (χ4n) is 2.98. The van der Waals surface area contributed by atoms with E-state index in [0.717, 1.165) is 30.3 Å². The summed E-state index contributed by atoms with van der Waals surface area (Å²) in [6, 6.07) is 7.80. The van der Waals surface area contributed by atoms with E-state index >= 15 is 0 Å². The lowest BCUT2D eigenvalue weighted by atomic mass is 10.1. The van der Waals surface area contributed by atoms with Crippen LogP contribution in [0.2, 0.25) is 0 Å². The molecule has 164 valence electrons. The highest BCUT2D eigenvalue weighted by Gasteiger charge is 2.24. The maximum absolute atomic E-state index is 11.8. The Morgan fingerprint density at radius 1 is 1.24 bits per heavy atom. The molecule has 0 spiro atoms. The van der Waals surface area contributed by atoms with Gasteiger partial charge in [0.25, 0.3) is 0 Å². The second-order valence-electron chi connectivity index (χ2n) is 6.66. The van der Waals surface area contributed by atoms with Crippen LogP contribution in [-0.2, 0) is 4.74 Å². The van der Waals surface area contributed by atoms with E-state index in [1.165, 1.54) is 0 Å². The van der Waals surface area contributed by atoms with Crippen LogP contribution < -0.4 is 20.1 Å². The Kier molecular flexibility index (Phi) is 11.6. The number of guanidine groups is 1. The summed E-state index contributed by atoms with van der Waals surface area (Å²) in [7, 11) is 3.39. The summed E-state index contributed by atoms with van der Waals surface area (Å²) >= 11 is 0. The van der Waals surface area contributed by atoms with E-state index in [4.69, 9.17) is 14.2 Å². The summed E-state index contributed by atoms with van der Waals surface area (Å²) < 4.78 is 16.1. The van der Waals surface area contributed by atoms with Crippen LogP contribution in [0, 0.1) is 0 Å². The molecule has 0 aromatic heterocycles. The maximum atomic E-state index is 11.8. The number of amides is 1. The predicted molar refractivity (Wildman–Crippen MR) is 125 cm³/mol. The average Bonchev–Trinajstić information content (AvgIpc) is 2.72. The third-order valence-electron chi connectivity index (χ3n) is 4.54. The molecule has 1 aliphatic heterocycles. The molecule has 0 saturated carbocycles. The summed E-state index contributed by atoms with van der Waals surface area (Å²) in [5, 5.41) is 6.72. The zero-order valence-electron chi connectivity index (χ0n) is 17.6. The third kappa shape index (κ3) is 8.55. The Balaban J connectivity index is 0.00000420. The van der Waals surface area contributed by atoms with Crippen molar-refractivity contribution in [3.05, 3.63) is 24.3 Å². The molecule has 29 heavy (non-hydrogen) atoms. The SMILES string of the molecule is CCOC(=O)N1CCC(NC(=NC)NCC(C)Oc2ccc(OC)cc2)CC1.I. The van der Waals surface area contributed by atoms with Crippen molar-refractivity contribution in [3.63, 3.8) is 0 Å². The molecule has 1 fully saturated rings. The number of piperidine rings is 1. The lowest BCUT2D eigenvalue weighted by Gasteiger charge is -2.32. The number of aliphatic imine (C=N–C) groups is 1. The van der Waals surface area contributed by atoms with Crippen molar-refractivity contribution in [1.29, 1.82) is 0 Å². The van der Waals surface area contributed by atoms with Gasteiger partial charge < -0.3 is 29.7 Å². The van der Waals surface area contributed by atoms with Gasteiger partial charge in [0.1, 0.15) is 17.6 Å². The van der Waals surface area contributed by atoms with Crippen molar-refractivity contribution in [2.75, 3.05) is 40.4 Å². The second kappa shape index (κ2) is 13.3. The number of nitrogens with one attached hydrogen (secondary N) is 2. The van der Waals surface area contributed by atoms with Crippen molar-refractivity contribution in [3.8, 4) is 11.5 Å². The van der Waals surface area contributed by atoms with Crippen molar-refractivity contribution in [2.24, 2.45) is 4.99 Å². The molecular weight excluding hydrogens is 487 g/mol. The molecule has 8 nitrogen and oxygen atoms in total. The van der Waals surface area contributed by atoms with Crippen molar-refractivity contribution >= 4 is 36.0 Å². The van der Waals surface area contributed by atoms with Crippen LogP contribution in [0.15, 0.2) is 29.3 Å². The second-order valence-corrected chi connectivity index (χ2v) is 6.66. The minimum Gasteiger partial charge on any atom is -0.497 e. The number of carbonyl (C=O) groups is 1. The summed E-state index contributed by atoms with van der Waals surface area (Å²) in [6.07, 6.45) is 1.46. The molecule has 1 heterocycles. The molecule has 9 heteroatoms. The number of likely N-dealkylation sites (tertiary alicyclic amines) is 1. The topological polar surface area (TPSA) is 84.4 Å². The Morgan fingerprint density at radius 3 is 2.41 bits per heavy atom. The Labute approximate surface area is 190 Å². The van der Waals surface area contributed by atoms with E-state index in [9.17, 15) is 4.79 Å². The minimum atomic E-state index is -0.229. The highest BCUT2D eigenvalue weighted by atomic mass is 127. The van der Waals surface area contributed by atoms with Crippen molar-refractivity contribution in [2.45, 2.75) is 38.8 Å². The number of hydrogen-bond acceptors (Lipinski definition) is 5. The fraction of sp³-hybridized carbons (Fsp3) is 0.600. The standard InChI is InChI=1S/C20H32N4O4.HI/c1-5-27-20(25)24-12-10-16(11-13-24)23-19(21-3)22-14-15(2)28-18-8-6-17(26-4)7-9-18;/h6-9,15-16H,5,10-14H2,1-4H3,(H2,21,22,23);1H. The molecule has 2 N–H and O–H groups in total. The van der Waals surface area contributed by atoms with Crippen LogP contribution in [0.25, 0.3) is 0 Å². The molecule has 0 radical (unpaired) electrons. The highest BCUT2D eigenvalue weighted by Crippen LogP contribution is 2.18. The molecule has 1 aromatic rings. The van der Waals surface area contributed by atoms with Crippen LogP contribution in [0.4, 0.5) is 4.79 Å². The van der Waals surface area contributed by atoms with E-state index in [0.29, 0.717) is 26.2 Å². The number of hydrogen-bond donors (Lipinski definition) is 2. The van der Waals surface area contributed by atoms with Gasteiger partial charge in [0.15, 0.2) is 5.96 Å². The Morgan fingerprint density at radius 2 is 1.86 bits per heavy atom. The van der Waals surface area contributed by atoms with Gasteiger partial charge in [-0.2, -0.15) is 0 Å². The first-order chi connectivity index (χ1) is 13.5. The van der Waals surface area contributed by atoms with Gasteiger partial charge in [0.2, 0.25) is 0 Å². The number of nitrogens with zero attached hydrogens (tertiary/aromatic N) is 2. The van der Waals surface area contributed by atoms with Crippen LogP contribution in [0.1, 0.15) is 26.7 Å². The number of carbonyl (C=O) groups excluding carboxylic acids is 1. The number of benzene rings is 1. The number of methoxy groups -OCH3 is 1. The lowest BCUT2D eigenvalue weighted by molar-refractivity contribution is 0.0963. The van der Waals surface area contributed by atoms with Gasteiger partial charge in [-0.3, -0.25) is 4.99 Å². The van der Waals surface area contributed by atoms with Crippen molar-refractivity contribution in [1.82, 2.24) is 15.5 Å². The summed E-state index contributed by atoms with van der Waals surface area (Å²) in [5.41, 5.74) is 0. The molecule has 1 saturated heterocycles. The normalized spacial score (nSPS) is 15.7. The molecule has 1 unspecified atom stereocenters. The van der Waals surface area contributed by atoms with Crippen LogP contribution in [0.5, 0.6) is 11.5 Å². The van der Waals surface area contributed by atoms with Crippen LogP contribution in [0.3, 0.4) is 0 Å². The smallest absolute Gasteiger partial charge is 0.409 e. The minimum absolute atomic E-state index is 0. The Hall–Kier alpha value is -1.91. The third-order valence-corrected chi connectivity index (χ3v) is 4.54. The van der Waals surface area contributed by atoms with Gasteiger partial charge in [-0.05, 0) is 51.0 Å². The first kappa shape index (κ1) is 25.1. The van der Waals surface area contributed by atoms with Gasteiger partial charge in [0.05, 0.1) is 20.3 Å². The van der Waals surface area contributed by atoms with Gasteiger partial charge in [0, 0.05) is 26.2 Å². The van der Waals surface area contributed by atoms with E-state index in [1.54, 1.807) is 19.1 Å². The van der Waals surface area contributed by atoms with Gasteiger partial charge in [-0.25, -0.2) is 4.79 Å². The predicted octanol–water partition coefficient (Wildman–Crippen LogP) is 2.87. The van der Waals surface area contributed by atoms with Gasteiger partial charge in [-0.1, -0.05) is 0 Å². The number of halogens is 1. The van der Waals surface area contributed by atoms with Crippen LogP contribution in [-0.4, -0.2) is 69.5 Å². The van der Waals surface area contributed by atoms with Gasteiger partial charge in [-0.15, -0.1) is 24.0 Å². The largest absolute Gasteiger partial charge is 0.497 e. The first-order valence-corrected chi connectivity index (χ1v) is 9.75. The highest BCUT2D eigenvalue weighted by molar-refractivity contribution is 14.0. The molecule has 0 bridgehead atoms. The molecule has 0 aliphatic carbocycles.